The predicted octanol–water partition coefficient (Wildman–Crippen LogP) is 4.21. The molecule has 0 heterocycles. The molecule has 0 atom stereocenters. The Labute approximate surface area is 121 Å². The van der Waals surface area contributed by atoms with Crippen molar-refractivity contribution >= 4 is 5.69 Å². The first-order valence-electron chi connectivity index (χ1n) is 6.28. The van der Waals surface area contributed by atoms with Crippen LogP contribution in [-0.2, 0) is 12.7 Å². The Morgan fingerprint density at radius 2 is 1.67 bits per heavy atom. The molecule has 0 unspecified atom stereocenters. The first-order chi connectivity index (χ1) is 9.91. The second-order valence-corrected chi connectivity index (χ2v) is 4.68. The number of alkyl halides is 3. The van der Waals surface area contributed by atoms with Crippen molar-refractivity contribution in [3.05, 3.63) is 65.2 Å². The van der Waals surface area contributed by atoms with Gasteiger partial charge < -0.3 is 4.90 Å². The molecule has 2 nitrogen and oxygen atoms in total. The molecule has 0 spiro atoms. The van der Waals surface area contributed by atoms with Gasteiger partial charge in [-0.15, -0.1) is 0 Å². The van der Waals surface area contributed by atoms with Gasteiger partial charge >= 0.3 is 6.18 Å². The maximum atomic E-state index is 12.5. The van der Waals surface area contributed by atoms with Crippen molar-refractivity contribution in [3.63, 3.8) is 0 Å². The molecule has 0 radical (unpaired) electrons. The van der Waals surface area contributed by atoms with Gasteiger partial charge in [0.1, 0.15) is 6.07 Å². The summed E-state index contributed by atoms with van der Waals surface area (Å²) in [5.41, 5.74) is 1.37. The largest absolute Gasteiger partial charge is 0.416 e. The minimum Gasteiger partial charge on any atom is -0.369 e. The fourth-order valence-electron chi connectivity index (χ4n) is 2.06. The van der Waals surface area contributed by atoms with Crippen LogP contribution in [0.15, 0.2) is 48.5 Å². The summed E-state index contributed by atoms with van der Waals surface area (Å²) >= 11 is 0. The summed E-state index contributed by atoms with van der Waals surface area (Å²) in [6, 6.07) is 14.2. The van der Waals surface area contributed by atoms with Crippen molar-refractivity contribution in [2.75, 3.05) is 11.9 Å². The number of halogens is 3. The molecule has 0 amide bonds. The molecule has 108 valence electrons. The lowest BCUT2D eigenvalue weighted by atomic mass is 10.1. The minimum atomic E-state index is -4.32. The molecule has 0 saturated heterocycles. The molecule has 0 saturated carbocycles. The Hall–Kier alpha value is -2.48. The van der Waals surface area contributed by atoms with Crippen LogP contribution in [0.2, 0.25) is 0 Å². The van der Waals surface area contributed by atoms with E-state index in [1.807, 2.05) is 17.0 Å². The number of nitrogens with zero attached hydrogens (tertiary/aromatic N) is 2. The van der Waals surface area contributed by atoms with Gasteiger partial charge in [0.05, 0.1) is 16.8 Å². The molecule has 2 rings (SSSR count). The number of benzene rings is 2. The second kappa shape index (κ2) is 5.88. The molecular weight excluding hydrogens is 277 g/mol. The number of para-hydroxylation sites is 1. The van der Waals surface area contributed by atoms with Crippen LogP contribution in [0.1, 0.15) is 16.7 Å². The molecule has 0 bridgehead atoms. The summed E-state index contributed by atoms with van der Waals surface area (Å²) in [7, 11) is 1.80. The van der Waals surface area contributed by atoms with Crippen LogP contribution in [0.25, 0.3) is 0 Å². The van der Waals surface area contributed by atoms with Gasteiger partial charge in [-0.1, -0.05) is 24.3 Å². The molecule has 0 N–H and O–H groups in total. The number of rotatable bonds is 3. The maximum absolute atomic E-state index is 12.5. The van der Waals surface area contributed by atoms with Crippen LogP contribution in [0.5, 0.6) is 0 Å². The highest BCUT2D eigenvalue weighted by atomic mass is 19.4. The van der Waals surface area contributed by atoms with Crippen LogP contribution < -0.4 is 4.90 Å². The zero-order chi connectivity index (χ0) is 15.5. The van der Waals surface area contributed by atoms with Gasteiger partial charge in [0.2, 0.25) is 0 Å². The van der Waals surface area contributed by atoms with E-state index >= 15 is 0 Å². The lowest BCUT2D eigenvalue weighted by Crippen LogP contribution is -2.17. The average Bonchev–Trinajstić information content (AvgIpc) is 2.46. The van der Waals surface area contributed by atoms with E-state index in [-0.39, 0.29) is 0 Å². The highest BCUT2D eigenvalue weighted by Gasteiger charge is 2.29. The van der Waals surface area contributed by atoms with Gasteiger partial charge in [-0.05, 0) is 29.8 Å². The zero-order valence-electron chi connectivity index (χ0n) is 11.4. The molecule has 2 aromatic rings. The van der Waals surface area contributed by atoms with Crippen molar-refractivity contribution in [2.24, 2.45) is 0 Å². The zero-order valence-corrected chi connectivity index (χ0v) is 11.4. The smallest absolute Gasteiger partial charge is 0.369 e. The standard InChI is InChI=1S/C16H13F3N2/c1-21(15-5-3-2-4-13(15)10-20)11-12-6-8-14(9-7-12)16(17,18)19/h2-9H,11H2,1H3. The van der Waals surface area contributed by atoms with Gasteiger partial charge in [0.15, 0.2) is 0 Å². The van der Waals surface area contributed by atoms with E-state index < -0.39 is 11.7 Å². The average molecular weight is 290 g/mol. The van der Waals surface area contributed by atoms with Gasteiger partial charge in [-0.25, -0.2) is 0 Å². The van der Waals surface area contributed by atoms with E-state index in [0.717, 1.165) is 23.4 Å². The molecule has 0 fully saturated rings. The van der Waals surface area contributed by atoms with Gasteiger partial charge in [0, 0.05) is 13.6 Å². The van der Waals surface area contributed by atoms with Gasteiger partial charge in [-0.2, -0.15) is 18.4 Å². The van der Waals surface area contributed by atoms with Crippen molar-refractivity contribution in [1.82, 2.24) is 0 Å². The predicted molar refractivity (Wildman–Crippen MR) is 74.7 cm³/mol. The number of anilines is 1. The monoisotopic (exact) mass is 290 g/mol. The van der Waals surface area contributed by atoms with E-state index in [1.54, 1.807) is 19.2 Å². The van der Waals surface area contributed by atoms with E-state index in [9.17, 15) is 13.2 Å². The Balaban J connectivity index is 2.17. The summed E-state index contributed by atoms with van der Waals surface area (Å²) in [5, 5.41) is 9.06. The number of hydrogen-bond donors (Lipinski definition) is 0. The van der Waals surface area contributed by atoms with E-state index in [1.165, 1.54) is 12.1 Å². The van der Waals surface area contributed by atoms with E-state index in [0.29, 0.717) is 12.1 Å². The molecule has 21 heavy (non-hydrogen) atoms. The van der Waals surface area contributed by atoms with Gasteiger partial charge in [-0.3, -0.25) is 0 Å². The summed E-state index contributed by atoms with van der Waals surface area (Å²) < 4.78 is 37.5. The molecule has 0 aromatic heterocycles. The Morgan fingerprint density at radius 3 is 2.24 bits per heavy atom. The Bertz CT molecular complexity index is 654. The third-order valence-corrected chi connectivity index (χ3v) is 3.14. The van der Waals surface area contributed by atoms with Crippen LogP contribution in [-0.4, -0.2) is 7.05 Å². The molecular formula is C16H13F3N2. The van der Waals surface area contributed by atoms with Crippen LogP contribution in [0, 0.1) is 11.3 Å². The van der Waals surface area contributed by atoms with E-state index in [2.05, 4.69) is 6.07 Å². The lowest BCUT2D eigenvalue weighted by molar-refractivity contribution is -0.137. The van der Waals surface area contributed by atoms with Crippen molar-refractivity contribution in [2.45, 2.75) is 12.7 Å². The summed E-state index contributed by atoms with van der Waals surface area (Å²) in [4.78, 5) is 1.83. The molecule has 2 aromatic carbocycles. The number of hydrogen-bond acceptors (Lipinski definition) is 2. The van der Waals surface area contributed by atoms with Gasteiger partial charge in [0.25, 0.3) is 0 Å². The normalized spacial score (nSPS) is 11.0. The Morgan fingerprint density at radius 1 is 1.05 bits per heavy atom. The molecule has 0 aliphatic rings. The summed E-state index contributed by atoms with van der Waals surface area (Å²) in [6.45, 7) is 0.427. The fraction of sp³-hybridized carbons (Fsp3) is 0.188. The summed E-state index contributed by atoms with van der Waals surface area (Å²) in [6.07, 6.45) is -4.32. The molecule has 0 aliphatic heterocycles. The Kier molecular flexibility index (Phi) is 4.18. The van der Waals surface area contributed by atoms with Crippen LogP contribution >= 0.6 is 0 Å². The van der Waals surface area contributed by atoms with Crippen LogP contribution in [0.4, 0.5) is 18.9 Å². The first kappa shape index (κ1) is 14.9. The third-order valence-electron chi connectivity index (χ3n) is 3.14. The molecule has 5 heteroatoms. The highest BCUT2D eigenvalue weighted by molar-refractivity contribution is 5.58. The lowest BCUT2D eigenvalue weighted by Gasteiger charge is -2.20. The molecule has 0 aliphatic carbocycles. The fourth-order valence-corrected chi connectivity index (χ4v) is 2.06. The second-order valence-electron chi connectivity index (χ2n) is 4.68. The first-order valence-corrected chi connectivity index (χ1v) is 6.28. The highest BCUT2D eigenvalue weighted by Crippen LogP contribution is 2.29. The summed E-state index contributed by atoms with van der Waals surface area (Å²) in [5.74, 6) is 0. The van der Waals surface area contributed by atoms with E-state index in [4.69, 9.17) is 5.26 Å². The SMILES string of the molecule is CN(Cc1ccc(C(F)(F)F)cc1)c1ccccc1C#N. The quantitative estimate of drug-likeness (QED) is 0.846. The van der Waals surface area contributed by atoms with Crippen molar-refractivity contribution in [3.8, 4) is 6.07 Å². The topological polar surface area (TPSA) is 27.0 Å². The number of nitriles is 1. The van der Waals surface area contributed by atoms with Crippen molar-refractivity contribution < 1.29 is 13.2 Å². The minimum absolute atomic E-state index is 0.427. The van der Waals surface area contributed by atoms with Crippen LogP contribution in [0.3, 0.4) is 0 Å². The maximum Gasteiger partial charge on any atom is 0.416 e. The van der Waals surface area contributed by atoms with Crippen molar-refractivity contribution in [1.29, 1.82) is 5.26 Å². The third kappa shape index (κ3) is 3.54.